The lowest BCUT2D eigenvalue weighted by molar-refractivity contribution is -0.132. The lowest BCUT2D eigenvalue weighted by atomic mass is 10.2. The summed E-state index contributed by atoms with van der Waals surface area (Å²) in [5, 5.41) is 5.25. The Hall–Kier alpha value is -2.30. The fraction of sp³-hybridized carbons (Fsp3) is 0.400. The number of thioether (sulfide) groups is 1. The molecule has 166 valence electrons. The topological polar surface area (TPSA) is 91.8 Å². The van der Waals surface area contributed by atoms with E-state index < -0.39 is 0 Å². The van der Waals surface area contributed by atoms with Gasteiger partial charge < -0.3 is 19.9 Å². The molecule has 1 aromatic heterocycles. The summed E-state index contributed by atoms with van der Waals surface area (Å²) < 4.78 is 5.73. The highest BCUT2D eigenvalue weighted by Crippen LogP contribution is 2.23. The van der Waals surface area contributed by atoms with Gasteiger partial charge in [-0.15, -0.1) is 11.3 Å². The summed E-state index contributed by atoms with van der Waals surface area (Å²) in [4.78, 5) is 44.2. The Morgan fingerprint density at radius 2 is 1.84 bits per heavy atom. The van der Waals surface area contributed by atoms with Crippen molar-refractivity contribution in [2.24, 2.45) is 0 Å². The average Bonchev–Trinajstić information content (AvgIpc) is 3.21. The van der Waals surface area contributed by atoms with E-state index in [1.54, 1.807) is 41.0 Å². The van der Waals surface area contributed by atoms with Crippen LogP contribution < -0.4 is 5.32 Å². The van der Waals surface area contributed by atoms with Gasteiger partial charge in [0.2, 0.25) is 11.8 Å². The van der Waals surface area contributed by atoms with E-state index in [9.17, 15) is 14.4 Å². The molecule has 0 saturated carbocycles. The zero-order chi connectivity index (χ0) is 22.2. The Morgan fingerprint density at radius 1 is 1.16 bits per heavy atom. The van der Waals surface area contributed by atoms with E-state index in [2.05, 4.69) is 10.3 Å². The molecule has 1 fully saturated rings. The molecule has 8 nitrogen and oxygen atoms in total. The van der Waals surface area contributed by atoms with Crippen LogP contribution in [0.3, 0.4) is 0 Å². The van der Waals surface area contributed by atoms with Gasteiger partial charge in [-0.1, -0.05) is 23.4 Å². The Bertz CT molecular complexity index is 914. The van der Waals surface area contributed by atoms with Crippen LogP contribution in [0.2, 0.25) is 5.02 Å². The van der Waals surface area contributed by atoms with Crippen molar-refractivity contribution in [3.05, 3.63) is 40.4 Å². The van der Waals surface area contributed by atoms with Crippen LogP contribution in [-0.4, -0.2) is 71.2 Å². The number of hydrogen-bond donors (Lipinski definition) is 1. The number of hydrogen-bond acceptors (Lipinski definition) is 7. The minimum atomic E-state index is -0.337. The first-order valence-corrected chi connectivity index (χ1v) is 12.0. The molecule has 0 spiro atoms. The number of thiazole rings is 1. The summed E-state index contributed by atoms with van der Waals surface area (Å²) >= 11 is 8.58. The van der Waals surface area contributed by atoms with Gasteiger partial charge in [-0.05, 0) is 31.2 Å². The predicted molar refractivity (Wildman–Crippen MR) is 122 cm³/mol. The van der Waals surface area contributed by atoms with Gasteiger partial charge in [-0.3, -0.25) is 9.59 Å². The van der Waals surface area contributed by atoms with Crippen molar-refractivity contribution >= 4 is 58.3 Å². The number of nitrogens with one attached hydrogen (secondary N) is 1. The van der Waals surface area contributed by atoms with Crippen LogP contribution in [0.1, 0.15) is 12.6 Å². The lowest BCUT2D eigenvalue weighted by Gasteiger charge is -2.34. The molecule has 0 atom stereocenters. The SMILES string of the molecule is CCOC(=O)N1CCN(C(=O)Cc2csc(SCC(=O)Nc3ccc(Cl)cc3)n2)CC1. The van der Waals surface area contributed by atoms with E-state index in [4.69, 9.17) is 16.3 Å². The van der Waals surface area contributed by atoms with Crippen molar-refractivity contribution < 1.29 is 19.1 Å². The van der Waals surface area contributed by atoms with Crippen molar-refractivity contribution in [3.8, 4) is 0 Å². The van der Waals surface area contributed by atoms with Crippen LogP contribution in [0.4, 0.5) is 10.5 Å². The monoisotopic (exact) mass is 482 g/mol. The molecule has 31 heavy (non-hydrogen) atoms. The summed E-state index contributed by atoms with van der Waals surface area (Å²) in [6, 6.07) is 6.91. The number of halogens is 1. The zero-order valence-corrected chi connectivity index (χ0v) is 19.4. The number of amides is 3. The molecule has 1 saturated heterocycles. The number of benzene rings is 1. The van der Waals surface area contributed by atoms with Crippen molar-refractivity contribution in [3.63, 3.8) is 0 Å². The fourth-order valence-corrected chi connectivity index (χ4v) is 4.68. The number of anilines is 1. The molecule has 1 aliphatic rings. The minimum absolute atomic E-state index is 0.0224. The predicted octanol–water partition coefficient (Wildman–Crippen LogP) is 3.37. The van der Waals surface area contributed by atoms with Crippen LogP contribution in [0.5, 0.6) is 0 Å². The van der Waals surface area contributed by atoms with Crippen LogP contribution in [0, 0.1) is 0 Å². The number of carbonyl (C=O) groups excluding carboxylic acids is 3. The molecule has 2 aromatic rings. The molecular formula is C20H23ClN4O4S2. The second-order valence-corrected chi connectivity index (χ2v) is 9.21. The van der Waals surface area contributed by atoms with Crippen LogP contribution >= 0.6 is 34.7 Å². The Kier molecular flexibility index (Phi) is 8.56. The maximum atomic E-state index is 12.5. The lowest BCUT2D eigenvalue weighted by Crippen LogP contribution is -2.51. The molecule has 0 aliphatic carbocycles. The maximum Gasteiger partial charge on any atom is 0.409 e. The Morgan fingerprint density at radius 3 is 2.52 bits per heavy atom. The first-order chi connectivity index (χ1) is 14.9. The first-order valence-electron chi connectivity index (χ1n) is 9.76. The third-order valence-corrected chi connectivity index (χ3v) is 6.80. The van der Waals surface area contributed by atoms with E-state index in [0.29, 0.717) is 49.2 Å². The fourth-order valence-electron chi connectivity index (χ4n) is 2.91. The Labute approximate surface area is 193 Å². The zero-order valence-electron chi connectivity index (χ0n) is 17.0. The quantitative estimate of drug-likeness (QED) is 0.608. The number of rotatable bonds is 7. The summed E-state index contributed by atoms with van der Waals surface area (Å²) in [5.74, 6) is 0.0600. The van der Waals surface area contributed by atoms with E-state index in [-0.39, 0.29) is 30.1 Å². The van der Waals surface area contributed by atoms with Gasteiger partial charge in [0.15, 0.2) is 4.34 Å². The molecule has 0 radical (unpaired) electrons. The number of carbonyl (C=O) groups is 3. The largest absolute Gasteiger partial charge is 0.450 e. The van der Waals surface area contributed by atoms with E-state index in [1.165, 1.54) is 23.1 Å². The molecule has 3 rings (SSSR count). The summed E-state index contributed by atoms with van der Waals surface area (Å²) in [7, 11) is 0. The summed E-state index contributed by atoms with van der Waals surface area (Å²) in [6.07, 6.45) is -0.135. The van der Waals surface area contributed by atoms with Gasteiger partial charge in [-0.2, -0.15) is 0 Å². The first kappa shape index (κ1) is 23.4. The average molecular weight is 483 g/mol. The molecule has 1 aromatic carbocycles. The van der Waals surface area contributed by atoms with Crippen LogP contribution in [-0.2, 0) is 20.7 Å². The van der Waals surface area contributed by atoms with Crippen LogP contribution in [0.15, 0.2) is 34.0 Å². The highest BCUT2D eigenvalue weighted by atomic mass is 35.5. The minimum Gasteiger partial charge on any atom is -0.450 e. The van der Waals surface area contributed by atoms with Gasteiger partial charge in [0.25, 0.3) is 0 Å². The molecule has 0 bridgehead atoms. The van der Waals surface area contributed by atoms with Crippen molar-refractivity contribution in [2.45, 2.75) is 17.7 Å². The second kappa shape index (κ2) is 11.4. The van der Waals surface area contributed by atoms with Gasteiger partial charge in [0.05, 0.1) is 24.5 Å². The van der Waals surface area contributed by atoms with Crippen molar-refractivity contribution in [2.75, 3.05) is 43.9 Å². The third-order valence-electron chi connectivity index (χ3n) is 4.48. The smallest absolute Gasteiger partial charge is 0.409 e. The maximum absolute atomic E-state index is 12.5. The van der Waals surface area contributed by atoms with E-state index in [1.807, 2.05) is 5.38 Å². The molecule has 1 N–H and O–H groups in total. The van der Waals surface area contributed by atoms with Gasteiger partial charge in [0, 0.05) is 42.3 Å². The molecular weight excluding hydrogens is 460 g/mol. The number of aromatic nitrogens is 1. The number of nitrogens with zero attached hydrogens (tertiary/aromatic N) is 3. The van der Waals surface area contributed by atoms with Gasteiger partial charge in [-0.25, -0.2) is 9.78 Å². The number of ether oxygens (including phenoxy) is 1. The van der Waals surface area contributed by atoms with Crippen molar-refractivity contribution in [1.82, 2.24) is 14.8 Å². The van der Waals surface area contributed by atoms with E-state index >= 15 is 0 Å². The van der Waals surface area contributed by atoms with E-state index in [0.717, 1.165) is 4.34 Å². The summed E-state index contributed by atoms with van der Waals surface area (Å²) in [6.45, 7) is 3.99. The summed E-state index contributed by atoms with van der Waals surface area (Å²) in [5.41, 5.74) is 1.37. The van der Waals surface area contributed by atoms with Crippen LogP contribution in [0.25, 0.3) is 0 Å². The molecule has 0 unspecified atom stereocenters. The molecule has 2 heterocycles. The standard InChI is InChI=1S/C20H23ClN4O4S2/c1-2-29-20(28)25-9-7-24(8-10-25)18(27)11-16-12-30-19(23-16)31-13-17(26)22-15-5-3-14(21)4-6-15/h3-6,12H,2,7-11,13H2,1H3,(H,22,26). The molecule has 11 heteroatoms. The number of piperazine rings is 1. The molecule has 3 amide bonds. The molecule has 1 aliphatic heterocycles. The normalized spacial score (nSPS) is 13.7. The second-order valence-electron chi connectivity index (χ2n) is 6.69. The third kappa shape index (κ3) is 7.12. The highest BCUT2D eigenvalue weighted by molar-refractivity contribution is 8.01. The van der Waals surface area contributed by atoms with Gasteiger partial charge in [0.1, 0.15) is 0 Å². The van der Waals surface area contributed by atoms with Gasteiger partial charge >= 0.3 is 6.09 Å². The highest BCUT2D eigenvalue weighted by Gasteiger charge is 2.25. The van der Waals surface area contributed by atoms with Crippen molar-refractivity contribution in [1.29, 1.82) is 0 Å². The Balaban J connectivity index is 1.41.